The Morgan fingerprint density at radius 3 is 2.46 bits per heavy atom. The van der Waals surface area contributed by atoms with Gasteiger partial charge in [-0.2, -0.15) is 0 Å². The summed E-state index contributed by atoms with van der Waals surface area (Å²) in [7, 11) is 2.13. The minimum atomic E-state index is 0.305. The van der Waals surface area contributed by atoms with Gasteiger partial charge < -0.3 is 4.90 Å². The number of likely N-dealkylation sites (N-methyl/N-ethyl adjacent to an activating group) is 1. The van der Waals surface area contributed by atoms with Crippen molar-refractivity contribution in [1.29, 1.82) is 0 Å². The Morgan fingerprint density at radius 2 is 1.79 bits per heavy atom. The van der Waals surface area contributed by atoms with Crippen LogP contribution in [0.4, 0.5) is 5.69 Å². The summed E-state index contributed by atoms with van der Waals surface area (Å²) in [5.74, 6) is 0. The van der Waals surface area contributed by atoms with Gasteiger partial charge in [0.25, 0.3) is 0 Å². The molecule has 2 rings (SSSR count). The Balaban J connectivity index is 1.93. The van der Waals surface area contributed by atoms with E-state index in [1.807, 2.05) is 0 Å². The van der Waals surface area contributed by atoms with Crippen LogP contribution in [0.15, 0.2) is 89.1 Å². The zero-order valence-corrected chi connectivity index (χ0v) is 18.6. The predicted molar refractivity (Wildman–Crippen MR) is 126 cm³/mol. The summed E-state index contributed by atoms with van der Waals surface area (Å²) in [6.07, 6.45) is 17.2. The van der Waals surface area contributed by atoms with Gasteiger partial charge in [-0.25, -0.2) is 0 Å². The molecule has 0 spiro atoms. The van der Waals surface area contributed by atoms with Crippen molar-refractivity contribution in [2.45, 2.75) is 53.9 Å². The van der Waals surface area contributed by atoms with Gasteiger partial charge in [-0.15, -0.1) is 0 Å². The Hall–Kier alpha value is -2.28. The molecular formula is C27H37N. The Kier molecular flexibility index (Phi) is 8.11. The van der Waals surface area contributed by atoms with Crippen molar-refractivity contribution in [3.8, 4) is 0 Å². The van der Waals surface area contributed by atoms with Crippen LogP contribution in [0.2, 0.25) is 0 Å². The number of nitrogens with zero attached hydrogens (tertiary/aromatic N) is 1. The highest BCUT2D eigenvalue weighted by molar-refractivity contribution is 5.46. The van der Waals surface area contributed by atoms with E-state index >= 15 is 0 Å². The molecule has 28 heavy (non-hydrogen) atoms. The average Bonchev–Trinajstić information content (AvgIpc) is 2.66. The number of allylic oxidation sites excluding steroid dienone is 9. The lowest BCUT2D eigenvalue weighted by atomic mass is 9.72. The van der Waals surface area contributed by atoms with Crippen molar-refractivity contribution >= 4 is 5.69 Å². The molecule has 1 aliphatic carbocycles. The van der Waals surface area contributed by atoms with Crippen LogP contribution in [0, 0.1) is 5.41 Å². The van der Waals surface area contributed by atoms with Gasteiger partial charge in [0.1, 0.15) is 0 Å². The number of rotatable bonds is 7. The Bertz CT molecular complexity index is 785. The summed E-state index contributed by atoms with van der Waals surface area (Å²) in [5, 5.41) is 0. The molecule has 0 amide bonds. The summed E-state index contributed by atoms with van der Waals surface area (Å²) >= 11 is 0. The summed E-state index contributed by atoms with van der Waals surface area (Å²) in [6, 6.07) is 10.5. The van der Waals surface area contributed by atoms with Crippen molar-refractivity contribution in [3.63, 3.8) is 0 Å². The fourth-order valence-corrected chi connectivity index (χ4v) is 3.77. The van der Waals surface area contributed by atoms with Crippen LogP contribution in [0.5, 0.6) is 0 Å². The van der Waals surface area contributed by atoms with Crippen LogP contribution >= 0.6 is 0 Å². The third-order valence-corrected chi connectivity index (χ3v) is 5.66. The number of benzene rings is 1. The van der Waals surface area contributed by atoms with E-state index in [1.54, 1.807) is 5.57 Å². The summed E-state index contributed by atoms with van der Waals surface area (Å²) in [5.41, 5.74) is 7.19. The van der Waals surface area contributed by atoms with Crippen molar-refractivity contribution in [2.75, 3.05) is 18.5 Å². The van der Waals surface area contributed by atoms with E-state index in [0.717, 1.165) is 6.54 Å². The third-order valence-electron chi connectivity index (χ3n) is 5.66. The van der Waals surface area contributed by atoms with Crippen LogP contribution in [0.3, 0.4) is 0 Å². The third kappa shape index (κ3) is 6.71. The second-order valence-corrected chi connectivity index (χ2v) is 8.70. The van der Waals surface area contributed by atoms with Gasteiger partial charge in [-0.05, 0) is 63.2 Å². The highest BCUT2D eigenvalue weighted by Crippen LogP contribution is 2.40. The molecule has 0 saturated carbocycles. The molecule has 1 heteroatoms. The van der Waals surface area contributed by atoms with Gasteiger partial charge in [0.2, 0.25) is 0 Å². The van der Waals surface area contributed by atoms with Gasteiger partial charge in [0.05, 0.1) is 0 Å². The van der Waals surface area contributed by atoms with Gasteiger partial charge >= 0.3 is 0 Å². The van der Waals surface area contributed by atoms with Gasteiger partial charge in [-0.3, -0.25) is 0 Å². The second-order valence-electron chi connectivity index (χ2n) is 8.70. The fourth-order valence-electron chi connectivity index (χ4n) is 3.77. The standard InChI is InChI=1S/C27H37N/c1-22(17-18-26-24(3)14-11-20-27(26,4)5)12-10-13-23(2)19-21-28(6)25-15-8-7-9-16-25/h7-10,12-13,15-19H,11,14,20-21H2,1-6H3/b13-10+,18-17+,22-12+,23-19+. The highest BCUT2D eigenvalue weighted by atomic mass is 15.1. The number of hydrogen-bond acceptors (Lipinski definition) is 1. The van der Waals surface area contributed by atoms with Crippen LogP contribution < -0.4 is 4.90 Å². The van der Waals surface area contributed by atoms with E-state index in [0.29, 0.717) is 5.41 Å². The quantitative estimate of drug-likeness (QED) is 0.442. The Morgan fingerprint density at radius 1 is 1.07 bits per heavy atom. The van der Waals surface area contributed by atoms with E-state index in [-0.39, 0.29) is 0 Å². The molecule has 1 aromatic carbocycles. The predicted octanol–water partition coefficient (Wildman–Crippen LogP) is 7.65. The SMILES string of the molecule is CC1=C(/C=C/C(C)=C/C=C/C(C)=C/CN(C)c2ccccc2)C(C)(C)CCC1. The maximum absolute atomic E-state index is 2.37. The van der Waals surface area contributed by atoms with Crippen molar-refractivity contribution in [2.24, 2.45) is 5.41 Å². The monoisotopic (exact) mass is 375 g/mol. The maximum atomic E-state index is 2.37. The molecular weight excluding hydrogens is 338 g/mol. The summed E-state index contributed by atoms with van der Waals surface area (Å²) in [4.78, 5) is 2.25. The molecule has 150 valence electrons. The van der Waals surface area contributed by atoms with Crippen molar-refractivity contribution < 1.29 is 0 Å². The van der Waals surface area contributed by atoms with Crippen LogP contribution in [0.25, 0.3) is 0 Å². The number of para-hydroxylation sites is 1. The minimum absolute atomic E-state index is 0.305. The van der Waals surface area contributed by atoms with E-state index in [9.17, 15) is 0 Å². The lowest BCUT2D eigenvalue weighted by Crippen LogP contribution is -2.19. The summed E-state index contributed by atoms with van der Waals surface area (Å²) < 4.78 is 0. The molecule has 0 aromatic heterocycles. The molecule has 0 atom stereocenters. The molecule has 0 radical (unpaired) electrons. The number of anilines is 1. The zero-order valence-electron chi connectivity index (χ0n) is 18.6. The molecule has 1 nitrogen and oxygen atoms in total. The molecule has 0 N–H and O–H groups in total. The Labute approximate surface area is 172 Å². The molecule has 0 fully saturated rings. The first-order valence-corrected chi connectivity index (χ1v) is 10.5. The highest BCUT2D eigenvalue weighted by Gasteiger charge is 2.26. The smallest absolute Gasteiger partial charge is 0.0366 e. The van der Waals surface area contributed by atoms with Crippen molar-refractivity contribution in [1.82, 2.24) is 0 Å². The topological polar surface area (TPSA) is 3.24 Å². The maximum Gasteiger partial charge on any atom is 0.0366 e. The normalized spacial score (nSPS) is 18.4. The first-order valence-electron chi connectivity index (χ1n) is 10.5. The molecule has 0 saturated heterocycles. The second kappa shape index (κ2) is 10.3. The van der Waals surface area contributed by atoms with Gasteiger partial charge in [-0.1, -0.05) is 85.2 Å². The largest absolute Gasteiger partial charge is 0.371 e. The summed E-state index contributed by atoms with van der Waals surface area (Å²) in [6.45, 7) is 12.3. The molecule has 0 bridgehead atoms. The fraction of sp³-hybridized carbons (Fsp3) is 0.407. The first kappa shape index (κ1) is 22.0. The molecule has 0 unspecified atom stereocenters. The lowest BCUT2D eigenvalue weighted by molar-refractivity contribution is 0.377. The van der Waals surface area contributed by atoms with Gasteiger partial charge in [0.15, 0.2) is 0 Å². The van der Waals surface area contributed by atoms with Crippen LogP contribution in [-0.4, -0.2) is 13.6 Å². The molecule has 0 aliphatic heterocycles. The van der Waals surface area contributed by atoms with E-state index < -0.39 is 0 Å². The van der Waals surface area contributed by atoms with Crippen molar-refractivity contribution in [3.05, 3.63) is 89.1 Å². The minimum Gasteiger partial charge on any atom is -0.371 e. The first-order chi connectivity index (χ1) is 13.3. The number of hydrogen-bond donors (Lipinski definition) is 0. The van der Waals surface area contributed by atoms with Gasteiger partial charge in [0, 0.05) is 19.3 Å². The van der Waals surface area contributed by atoms with Crippen LogP contribution in [0.1, 0.15) is 53.9 Å². The molecule has 0 heterocycles. The van der Waals surface area contributed by atoms with E-state index in [4.69, 9.17) is 0 Å². The zero-order chi connectivity index (χ0) is 20.6. The lowest BCUT2D eigenvalue weighted by Gasteiger charge is -2.32. The molecule has 1 aromatic rings. The average molecular weight is 376 g/mol. The van der Waals surface area contributed by atoms with E-state index in [1.165, 1.54) is 41.7 Å². The van der Waals surface area contributed by atoms with Crippen LogP contribution in [-0.2, 0) is 0 Å². The molecule has 1 aliphatic rings. The van der Waals surface area contributed by atoms with E-state index in [2.05, 4.69) is 113 Å².